The van der Waals surface area contributed by atoms with Gasteiger partial charge in [-0.2, -0.15) is 0 Å². The molecule has 88 valence electrons. The van der Waals surface area contributed by atoms with Crippen LogP contribution in [0.25, 0.3) is 0 Å². The average molecular weight is 227 g/mol. The molecule has 0 aliphatic rings. The van der Waals surface area contributed by atoms with E-state index in [0.717, 1.165) is 6.07 Å². The normalized spacial score (nSPS) is 12.2. The third-order valence-electron chi connectivity index (χ3n) is 2.14. The largest absolute Gasteiger partial charge is 0.494 e. The van der Waals surface area contributed by atoms with Crippen molar-refractivity contribution in [3.8, 4) is 5.75 Å². The van der Waals surface area contributed by atoms with Crippen LogP contribution in [-0.4, -0.2) is 37.7 Å². The third kappa shape index (κ3) is 2.77. The molecule has 0 saturated carbocycles. The molecular formula is C11H14FNO3. The van der Waals surface area contributed by atoms with E-state index in [-0.39, 0.29) is 17.9 Å². The summed E-state index contributed by atoms with van der Waals surface area (Å²) in [7, 11) is 2.96. The van der Waals surface area contributed by atoms with Gasteiger partial charge in [0.15, 0.2) is 17.3 Å². The van der Waals surface area contributed by atoms with Gasteiger partial charge in [0.05, 0.1) is 7.11 Å². The summed E-state index contributed by atoms with van der Waals surface area (Å²) >= 11 is 0. The number of halogens is 1. The fourth-order valence-corrected chi connectivity index (χ4v) is 1.30. The lowest BCUT2D eigenvalue weighted by Crippen LogP contribution is -2.31. The Hall–Kier alpha value is -1.46. The van der Waals surface area contributed by atoms with Crippen molar-refractivity contribution in [2.24, 2.45) is 0 Å². The van der Waals surface area contributed by atoms with Crippen LogP contribution in [0.4, 0.5) is 4.39 Å². The van der Waals surface area contributed by atoms with Gasteiger partial charge in [-0.3, -0.25) is 4.79 Å². The van der Waals surface area contributed by atoms with Gasteiger partial charge in [0, 0.05) is 12.1 Å². The highest BCUT2D eigenvalue weighted by Gasteiger charge is 2.17. The van der Waals surface area contributed by atoms with Gasteiger partial charge in [-0.15, -0.1) is 0 Å². The molecule has 0 bridgehead atoms. The van der Waals surface area contributed by atoms with Crippen molar-refractivity contribution in [1.29, 1.82) is 0 Å². The van der Waals surface area contributed by atoms with Crippen molar-refractivity contribution in [3.05, 3.63) is 29.6 Å². The zero-order chi connectivity index (χ0) is 12.1. The lowest BCUT2D eigenvalue weighted by Gasteiger charge is -2.09. The van der Waals surface area contributed by atoms with Gasteiger partial charge < -0.3 is 15.2 Å². The second kappa shape index (κ2) is 5.58. The molecule has 0 spiro atoms. The van der Waals surface area contributed by atoms with E-state index in [2.05, 4.69) is 5.32 Å². The monoisotopic (exact) mass is 227 g/mol. The molecule has 0 radical (unpaired) electrons. The van der Waals surface area contributed by atoms with Gasteiger partial charge >= 0.3 is 0 Å². The smallest absolute Gasteiger partial charge is 0.192 e. The van der Waals surface area contributed by atoms with Crippen molar-refractivity contribution in [2.45, 2.75) is 6.10 Å². The average Bonchev–Trinajstić information content (AvgIpc) is 2.28. The number of aliphatic hydroxyl groups is 1. The maximum atomic E-state index is 13.3. The predicted molar refractivity (Wildman–Crippen MR) is 57.2 cm³/mol. The van der Waals surface area contributed by atoms with Crippen LogP contribution in [-0.2, 0) is 0 Å². The Morgan fingerprint density at radius 3 is 2.81 bits per heavy atom. The van der Waals surface area contributed by atoms with Gasteiger partial charge in [-0.25, -0.2) is 4.39 Å². The molecule has 0 saturated heterocycles. The number of Topliss-reactive ketones (excluding diaryl/α,β-unsaturated/α-hetero) is 1. The minimum absolute atomic E-state index is 0.0691. The van der Waals surface area contributed by atoms with Crippen LogP contribution in [0, 0.1) is 5.82 Å². The summed E-state index contributed by atoms with van der Waals surface area (Å²) < 4.78 is 18.0. The van der Waals surface area contributed by atoms with Crippen molar-refractivity contribution < 1.29 is 19.0 Å². The van der Waals surface area contributed by atoms with Crippen molar-refractivity contribution in [2.75, 3.05) is 20.7 Å². The van der Waals surface area contributed by atoms with Gasteiger partial charge in [-0.05, 0) is 25.2 Å². The first-order valence-electron chi connectivity index (χ1n) is 4.80. The van der Waals surface area contributed by atoms with E-state index < -0.39 is 17.7 Å². The molecule has 0 aliphatic carbocycles. The highest BCUT2D eigenvalue weighted by molar-refractivity contribution is 5.99. The molecule has 5 heteroatoms. The van der Waals surface area contributed by atoms with Crippen molar-refractivity contribution in [1.82, 2.24) is 5.32 Å². The number of hydrogen-bond donors (Lipinski definition) is 2. The van der Waals surface area contributed by atoms with E-state index >= 15 is 0 Å². The summed E-state index contributed by atoms with van der Waals surface area (Å²) in [5.74, 6) is -1.07. The molecule has 0 heterocycles. The number of ketones is 1. The number of aliphatic hydroxyl groups excluding tert-OH is 1. The summed E-state index contributed by atoms with van der Waals surface area (Å²) in [5, 5.41) is 12.1. The molecule has 4 nitrogen and oxygen atoms in total. The summed E-state index contributed by atoms with van der Waals surface area (Å²) in [6, 6.07) is 3.83. The van der Waals surface area contributed by atoms with Crippen LogP contribution in [0.15, 0.2) is 18.2 Å². The fraction of sp³-hybridized carbons (Fsp3) is 0.364. The second-order valence-corrected chi connectivity index (χ2v) is 3.29. The number of benzene rings is 1. The zero-order valence-electron chi connectivity index (χ0n) is 9.16. The quantitative estimate of drug-likeness (QED) is 0.723. The number of carbonyl (C=O) groups excluding carboxylic acids is 1. The van der Waals surface area contributed by atoms with Crippen molar-refractivity contribution >= 4 is 5.78 Å². The molecule has 0 aromatic heterocycles. The van der Waals surface area contributed by atoms with Gasteiger partial charge in [0.2, 0.25) is 0 Å². The Bertz CT molecular complexity index is 381. The molecule has 1 unspecified atom stereocenters. The van der Waals surface area contributed by atoms with Gasteiger partial charge in [0.1, 0.15) is 6.10 Å². The topological polar surface area (TPSA) is 58.6 Å². The molecule has 0 amide bonds. The zero-order valence-corrected chi connectivity index (χ0v) is 9.16. The minimum atomic E-state index is -1.17. The lowest BCUT2D eigenvalue weighted by atomic mass is 10.1. The van der Waals surface area contributed by atoms with E-state index in [1.165, 1.54) is 19.2 Å². The number of nitrogens with one attached hydrogen (secondary N) is 1. The van der Waals surface area contributed by atoms with Crippen LogP contribution >= 0.6 is 0 Å². The molecular weight excluding hydrogens is 213 g/mol. The molecule has 1 aromatic carbocycles. The number of carbonyl (C=O) groups is 1. The molecule has 1 atom stereocenters. The van der Waals surface area contributed by atoms with Crippen LogP contribution in [0.5, 0.6) is 5.75 Å². The molecule has 2 N–H and O–H groups in total. The van der Waals surface area contributed by atoms with Crippen LogP contribution in [0.3, 0.4) is 0 Å². The van der Waals surface area contributed by atoms with Gasteiger partial charge in [-0.1, -0.05) is 0 Å². The van der Waals surface area contributed by atoms with E-state index in [0.29, 0.717) is 0 Å². The SMILES string of the molecule is CNCC(O)C(=O)c1ccc(OC)c(F)c1. The van der Waals surface area contributed by atoms with Crippen LogP contribution in [0.2, 0.25) is 0 Å². The molecule has 16 heavy (non-hydrogen) atoms. The number of ether oxygens (including phenoxy) is 1. The first kappa shape index (κ1) is 12.6. The highest BCUT2D eigenvalue weighted by atomic mass is 19.1. The minimum Gasteiger partial charge on any atom is -0.494 e. The molecule has 1 rings (SSSR count). The fourth-order valence-electron chi connectivity index (χ4n) is 1.30. The third-order valence-corrected chi connectivity index (χ3v) is 2.14. The summed E-state index contributed by atoms with van der Waals surface area (Å²) in [6.07, 6.45) is -1.17. The summed E-state index contributed by atoms with van der Waals surface area (Å²) in [4.78, 5) is 11.6. The Balaban J connectivity index is 2.88. The van der Waals surface area contributed by atoms with E-state index in [4.69, 9.17) is 4.74 Å². The Kier molecular flexibility index (Phi) is 4.39. The molecule has 0 fully saturated rings. The molecule has 0 aliphatic heterocycles. The molecule has 1 aromatic rings. The second-order valence-electron chi connectivity index (χ2n) is 3.29. The standard InChI is InChI=1S/C11H14FNO3/c1-13-6-9(14)11(15)7-3-4-10(16-2)8(12)5-7/h3-5,9,13-14H,6H2,1-2H3. The predicted octanol–water partition coefficient (Wildman–Crippen LogP) is 0.597. The maximum Gasteiger partial charge on any atom is 0.192 e. The number of hydrogen-bond acceptors (Lipinski definition) is 4. The Morgan fingerprint density at radius 1 is 1.62 bits per heavy atom. The Morgan fingerprint density at radius 2 is 2.31 bits per heavy atom. The van der Waals surface area contributed by atoms with Gasteiger partial charge in [0.25, 0.3) is 0 Å². The number of likely N-dealkylation sites (N-methyl/N-ethyl adjacent to an activating group) is 1. The number of rotatable bonds is 5. The van der Waals surface area contributed by atoms with E-state index in [1.54, 1.807) is 7.05 Å². The Labute approximate surface area is 93.0 Å². The summed E-state index contributed by atoms with van der Waals surface area (Å²) in [5.41, 5.74) is 0.126. The van der Waals surface area contributed by atoms with Crippen LogP contribution in [0.1, 0.15) is 10.4 Å². The maximum absolute atomic E-state index is 13.3. The summed E-state index contributed by atoms with van der Waals surface area (Å²) in [6.45, 7) is 0.131. The first-order valence-corrected chi connectivity index (χ1v) is 4.80. The highest BCUT2D eigenvalue weighted by Crippen LogP contribution is 2.18. The van der Waals surface area contributed by atoms with Crippen molar-refractivity contribution in [3.63, 3.8) is 0 Å². The lowest BCUT2D eigenvalue weighted by molar-refractivity contribution is 0.0750. The van der Waals surface area contributed by atoms with E-state index in [1.807, 2.05) is 0 Å². The van der Waals surface area contributed by atoms with Crippen LogP contribution < -0.4 is 10.1 Å². The van der Waals surface area contributed by atoms with E-state index in [9.17, 15) is 14.3 Å². The first-order chi connectivity index (χ1) is 7.60. The number of methoxy groups -OCH3 is 1.